The molecular formula is C12H13ClN3O2+. The maximum absolute atomic E-state index is 11.5. The van der Waals surface area contributed by atoms with E-state index in [0.29, 0.717) is 10.6 Å². The lowest BCUT2D eigenvalue weighted by molar-refractivity contribution is -0.138. The van der Waals surface area contributed by atoms with Gasteiger partial charge in [-0.25, -0.2) is 4.79 Å². The Labute approximate surface area is 110 Å². The smallest absolute Gasteiger partial charge is 0.364 e. The molecule has 0 atom stereocenters. The molecule has 0 aliphatic heterocycles. The first-order valence-electron chi connectivity index (χ1n) is 5.31. The fraction of sp³-hybridized carbons (Fsp3) is 0.250. The zero-order valence-corrected chi connectivity index (χ0v) is 10.9. The van der Waals surface area contributed by atoms with Crippen molar-refractivity contribution in [1.82, 2.24) is 4.91 Å². The lowest BCUT2D eigenvalue weighted by atomic mass is 10.1. The van der Waals surface area contributed by atoms with Gasteiger partial charge in [0.25, 0.3) is 0 Å². The Morgan fingerprint density at radius 2 is 2.33 bits per heavy atom. The van der Waals surface area contributed by atoms with Crippen molar-refractivity contribution >= 4 is 23.6 Å². The zero-order valence-electron chi connectivity index (χ0n) is 10.1. The summed E-state index contributed by atoms with van der Waals surface area (Å²) in [6.45, 7) is 3.83. The van der Waals surface area contributed by atoms with E-state index in [0.717, 1.165) is 5.56 Å². The molecule has 0 aromatic heterocycles. The number of esters is 1. The van der Waals surface area contributed by atoms with Gasteiger partial charge in [0, 0.05) is 5.02 Å². The molecule has 0 radical (unpaired) electrons. The molecule has 0 heterocycles. The highest BCUT2D eigenvalue weighted by Gasteiger charge is 2.15. The van der Waals surface area contributed by atoms with Crippen LogP contribution in [-0.4, -0.2) is 12.6 Å². The second-order valence-electron chi connectivity index (χ2n) is 3.48. The van der Waals surface area contributed by atoms with Gasteiger partial charge in [0.05, 0.1) is 6.61 Å². The Kier molecular flexibility index (Phi) is 5.24. The maximum Gasteiger partial charge on any atom is 0.364 e. The zero-order chi connectivity index (χ0) is 13.5. The van der Waals surface area contributed by atoms with Crippen molar-refractivity contribution in [2.24, 2.45) is 5.11 Å². The lowest BCUT2D eigenvalue weighted by Crippen LogP contribution is -2.06. The molecule has 0 unspecified atom stereocenters. The number of nitrogens with one attached hydrogen (secondary N) is 1. The van der Waals surface area contributed by atoms with Crippen LogP contribution in [0.1, 0.15) is 18.1 Å². The molecule has 1 N–H and O–H groups in total. The van der Waals surface area contributed by atoms with Gasteiger partial charge in [-0.05, 0) is 37.1 Å². The summed E-state index contributed by atoms with van der Waals surface area (Å²) in [5, 5.41) is 3.92. The highest BCUT2D eigenvalue weighted by Crippen LogP contribution is 2.21. The summed E-state index contributed by atoms with van der Waals surface area (Å²) in [6, 6.07) is 5.39. The quantitative estimate of drug-likeness (QED) is 0.393. The number of halogens is 1. The number of carbonyl (C=O) groups excluding carboxylic acids is 1. The predicted octanol–water partition coefficient (Wildman–Crippen LogP) is 3.10. The van der Waals surface area contributed by atoms with Crippen LogP contribution in [0.2, 0.25) is 5.02 Å². The molecule has 0 saturated heterocycles. The largest absolute Gasteiger partial charge is 0.461 e. The molecule has 18 heavy (non-hydrogen) atoms. The van der Waals surface area contributed by atoms with Gasteiger partial charge in [-0.3, -0.25) is 0 Å². The Balaban J connectivity index is 3.15. The number of carbonyl (C=O) groups is 1. The van der Waals surface area contributed by atoms with Gasteiger partial charge in [0.1, 0.15) is 5.53 Å². The molecule has 0 spiro atoms. The van der Waals surface area contributed by atoms with Crippen LogP contribution < -0.4 is 4.91 Å². The molecule has 0 fully saturated rings. The normalized spacial score (nSPS) is 10.7. The number of hydrogen-bond donors (Lipinski definition) is 1. The van der Waals surface area contributed by atoms with E-state index in [9.17, 15) is 4.79 Å². The maximum atomic E-state index is 11.5. The van der Waals surface area contributed by atoms with Gasteiger partial charge in [0.15, 0.2) is 5.11 Å². The van der Waals surface area contributed by atoms with Crippen LogP contribution in [0.5, 0.6) is 0 Å². The van der Waals surface area contributed by atoms with Crippen molar-refractivity contribution in [2.45, 2.75) is 13.8 Å². The van der Waals surface area contributed by atoms with Crippen LogP contribution in [-0.2, 0) is 9.53 Å². The summed E-state index contributed by atoms with van der Waals surface area (Å²) in [7, 11) is 0. The molecule has 1 rings (SSSR count). The molecule has 6 heteroatoms. The third-order valence-corrected chi connectivity index (χ3v) is 2.42. The van der Waals surface area contributed by atoms with Gasteiger partial charge in [-0.2, -0.15) is 0 Å². The van der Waals surface area contributed by atoms with Crippen molar-refractivity contribution in [3.05, 3.63) is 40.0 Å². The number of benzene rings is 1. The van der Waals surface area contributed by atoms with Crippen LogP contribution in [0.3, 0.4) is 0 Å². The molecule has 5 nitrogen and oxygen atoms in total. The molecular weight excluding hydrogens is 254 g/mol. The fourth-order valence-electron chi connectivity index (χ4n) is 1.28. The third kappa shape index (κ3) is 3.80. The SMILES string of the molecule is CCOC(=O)/C(=C/c1ccc(C)cc1Cl)N=[N+]=N. The Bertz CT molecular complexity index is 534. The second kappa shape index (κ2) is 6.69. The van der Waals surface area contributed by atoms with Crippen LogP contribution in [0, 0.1) is 12.5 Å². The summed E-state index contributed by atoms with van der Waals surface area (Å²) in [4.78, 5) is 14.4. The monoisotopic (exact) mass is 266 g/mol. The van der Waals surface area contributed by atoms with Crippen LogP contribution >= 0.6 is 11.6 Å². The first kappa shape index (κ1) is 14.1. The molecule has 0 saturated carbocycles. The van der Waals surface area contributed by atoms with E-state index in [1.54, 1.807) is 19.1 Å². The summed E-state index contributed by atoms with van der Waals surface area (Å²) < 4.78 is 4.80. The lowest BCUT2D eigenvalue weighted by Gasteiger charge is -2.01. The fourth-order valence-corrected chi connectivity index (χ4v) is 1.57. The van der Waals surface area contributed by atoms with E-state index in [2.05, 4.69) is 10.0 Å². The molecule has 94 valence electrons. The number of ether oxygens (including phenoxy) is 1. The predicted molar refractivity (Wildman–Crippen MR) is 68.1 cm³/mol. The highest BCUT2D eigenvalue weighted by atomic mass is 35.5. The first-order chi connectivity index (χ1) is 8.58. The van der Waals surface area contributed by atoms with Crippen molar-refractivity contribution in [1.29, 1.82) is 5.53 Å². The number of hydrogen-bond acceptors (Lipinski definition) is 4. The molecule has 0 bridgehead atoms. The Morgan fingerprint density at radius 1 is 1.61 bits per heavy atom. The van der Waals surface area contributed by atoms with Gasteiger partial charge in [0.2, 0.25) is 10.6 Å². The molecule has 0 amide bonds. The standard InChI is InChI=1S/C12H13ClN3O2/c1-3-18-12(17)11(15-16-14)7-9-5-4-8(2)6-10(9)13/h4-7,14H,3H2,1-2H3/q+1/b11-7-. The van der Waals surface area contributed by atoms with Crippen molar-refractivity contribution in [2.75, 3.05) is 6.61 Å². The van der Waals surface area contributed by atoms with E-state index in [1.807, 2.05) is 13.0 Å². The van der Waals surface area contributed by atoms with Gasteiger partial charge in [-0.1, -0.05) is 23.7 Å². The van der Waals surface area contributed by atoms with Crippen molar-refractivity contribution < 1.29 is 9.53 Å². The van der Waals surface area contributed by atoms with E-state index in [-0.39, 0.29) is 12.3 Å². The summed E-state index contributed by atoms with van der Waals surface area (Å²) in [5.41, 5.74) is 8.27. The topological polar surface area (TPSA) is 76.6 Å². The summed E-state index contributed by atoms with van der Waals surface area (Å²) >= 11 is 6.04. The minimum Gasteiger partial charge on any atom is -0.461 e. The van der Waals surface area contributed by atoms with E-state index in [4.69, 9.17) is 21.9 Å². The minimum atomic E-state index is -0.634. The number of rotatable bonds is 4. The third-order valence-electron chi connectivity index (χ3n) is 2.09. The average molecular weight is 267 g/mol. The van der Waals surface area contributed by atoms with Gasteiger partial charge in [-0.15, -0.1) is 0 Å². The van der Waals surface area contributed by atoms with E-state index in [1.165, 1.54) is 6.08 Å². The van der Waals surface area contributed by atoms with Crippen LogP contribution in [0.15, 0.2) is 29.0 Å². The van der Waals surface area contributed by atoms with E-state index >= 15 is 0 Å². The first-order valence-corrected chi connectivity index (χ1v) is 5.68. The average Bonchev–Trinajstić information content (AvgIpc) is 2.32. The van der Waals surface area contributed by atoms with Gasteiger partial charge < -0.3 is 4.74 Å². The number of nitrogens with zero attached hydrogens (tertiary/aromatic N) is 2. The molecule has 0 aliphatic carbocycles. The number of aryl methyl sites for hydroxylation is 1. The van der Waals surface area contributed by atoms with Gasteiger partial charge >= 0.3 is 5.97 Å². The molecule has 1 aromatic carbocycles. The van der Waals surface area contributed by atoms with E-state index < -0.39 is 5.97 Å². The molecule has 1 aromatic rings. The molecule has 0 aliphatic rings. The second-order valence-corrected chi connectivity index (χ2v) is 3.88. The van der Waals surface area contributed by atoms with Crippen LogP contribution in [0.25, 0.3) is 6.08 Å². The van der Waals surface area contributed by atoms with Crippen LogP contribution in [0.4, 0.5) is 0 Å². The minimum absolute atomic E-state index is 0.0578. The Morgan fingerprint density at radius 3 is 2.89 bits per heavy atom. The van der Waals surface area contributed by atoms with Crippen molar-refractivity contribution in [3.63, 3.8) is 0 Å². The summed E-state index contributed by atoms with van der Waals surface area (Å²) in [5.74, 6) is -0.634. The summed E-state index contributed by atoms with van der Waals surface area (Å²) in [6.07, 6.45) is 1.44. The Hall–Kier alpha value is -1.97. The van der Waals surface area contributed by atoms with Crippen molar-refractivity contribution in [3.8, 4) is 0 Å². The highest BCUT2D eigenvalue weighted by molar-refractivity contribution is 6.32.